The summed E-state index contributed by atoms with van der Waals surface area (Å²) >= 11 is 7.84. The number of halogens is 2. The molecule has 1 amide bonds. The normalized spacial score (nSPS) is 18.2. The van der Waals surface area contributed by atoms with Crippen molar-refractivity contribution in [3.63, 3.8) is 0 Å². The minimum Gasteiger partial charge on any atom is -0.330 e. The predicted octanol–water partition coefficient (Wildman–Crippen LogP) is 4.83. The Hall–Kier alpha value is -1.96. The van der Waals surface area contributed by atoms with Gasteiger partial charge < -0.3 is 4.90 Å². The standard InChI is InChI=1S/C21H19ClFNO3S2/c1-13-2-7-17-18(10-13)28-20(19(17)22)21(25)24(16-8-9-29(26,27)12-16)11-14-3-5-15(23)6-4-14/h2-7,10,16H,8-9,11-12H2,1H3/t16-/m1/s1. The van der Waals surface area contributed by atoms with Gasteiger partial charge in [0.05, 0.1) is 16.5 Å². The lowest BCUT2D eigenvalue weighted by molar-refractivity contribution is 0.0686. The molecule has 1 aliphatic heterocycles. The van der Waals surface area contributed by atoms with E-state index in [2.05, 4.69) is 0 Å². The van der Waals surface area contributed by atoms with Gasteiger partial charge in [0.15, 0.2) is 9.84 Å². The zero-order valence-electron chi connectivity index (χ0n) is 15.7. The van der Waals surface area contributed by atoms with Crippen molar-refractivity contribution in [3.05, 3.63) is 69.3 Å². The maximum atomic E-state index is 13.5. The second-order valence-corrected chi connectivity index (χ2v) is 11.0. The van der Waals surface area contributed by atoms with Gasteiger partial charge in [-0.05, 0) is 42.7 Å². The molecule has 1 saturated heterocycles. The highest BCUT2D eigenvalue weighted by Crippen LogP contribution is 2.37. The lowest BCUT2D eigenvalue weighted by Gasteiger charge is -2.28. The van der Waals surface area contributed by atoms with Crippen LogP contribution in [0.3, 0.4) is 0 Å². The van der Waals surface area contributed by atoms with Gasteiger partial charge in [-0.3, -0.25) is 4.79 Å². The van der Waals surface area contributed by atoms with Crippen molar-refractivity contribution in [3.8, 4) is 0 Å². The molecule has 0 radical (unpaired) electrons. The maximum absolute atomic E-state index is 13.5. The summed E-state index contributed by atoms with van der Waals surface area (Å²) in [5.41, 5.74) is 1.80. The van der Waals surface area contributed by atoms with E-state index in [0.29, 0.717) is 16.3 Å². The number of sulfone groups is 1. The number of carbonyl (C=O) groups excluding carboxylic acids is 1. The Labute approximate surface area is 177 Å². The van der Waals surface area contributed by atoms with Crippen molar-refractivity contribution in [1.29, 1.82) is 0 Å². The van der Waals surface area contributed by atoms with Crippen molar-refractivity contribution in [1.82, 2.24) is 4.90 Å². The smallest absolute Gasteiger partial charge is 0.266 e. The summed E-state index contributed by atoms with van der Waals surface area (Å²) in [6.45, 7) is 2.17. The van der Waals surface area contributed by atoms with E-state index in [0.717, 1.165) is 21.2 Å². The average Bonchev–Trinajstić information content (AvgIpc) is 3.19. The molecule has 152 valence electrons. The number of fused-ring (bicyclic) bond motifs is 1. The minimum atomic E-state index is -3.18. The largest absolute Gasteiger partial charge is 0.330 e. The van der Waals surface area contributed by atoms with E-state index >= 15 is 0 Å². The molecule has 4 nitrogen and oxygen atoms in total. The van der Waals surface area contributed by atoms with E-state index < -0.39 is 15.9 Å². The number of thiophene rings is 1. The molecule has 8 heteroatoms. The van der Waals surface area contributed by atoms with E-state index in [1.54, 1.807) is 17.0 Å². The molecule has 0 N–H and O–H groups in total. The van der Waals surface area contributed by atoms with Gasteiger partial charge in [0, 0.05) is 22.7 Å². The van der Waals surface area contributed by atoms with E-state index in [-0.39, 0.29) is 29.8 Å². The number of hydrogen-bond acceptors (Lipinski definition) is 4. The van der Waals surface area contributed by atoms with E-state index in [1.165, 1.54) is 23.5 Å². The van der Waals surface area contributed by atoms with Crippen LogP contribution in [0.2, 0.25) is 5.02 Å². The summed E-state index contributed by atoms with van der Waals surface area (Å²) in [6, 6.07) is 11.3. The lowest BCUT2D eigenvalue weighted by atomic mass is 10.1. The molecule has 1 fully saturated rings. The fourth-order valence-corrected chi connectivity index (χ4v) is 6.91. The van der Waals surface area contributed by atoms with Gasteiger partial charge in [-0.1, -0.05) is 35.9 Å². The molecule has 29 heavy (non-hydrogen) atoms. The first-order chi connectivity index (χ1) is 13.7. The highest BCUT2D eigenvalue weighted by Gasteiger charge is 2.36. The first kappa shape index (κ1) is 20.3. The SMILES string of the molecule is Cc1ccc2c(Cl)c(C(=O)N(Cc3ccc(F)cc3)[C@@H]3CCS(=O)(=O)C3)sc2c1. The Morgan fingerprint density at radius 3 is 2.62 bits per heavy atom. The molecule has 1 aliphatic rings. The first-order valence-corrected chi connectivity index (χ1v) is 12.2. The van der Waals surface area contributed by atoms with Crippen molar-refractivity contribution in [2.75, 3.05) is 11.5 Å². The molecule has 2 aromatic carbocycles. The molecule has 1 atom stereocenters. The Kier molecular flexibility index (Phi) is 5.40. The van der Waals surface area contributed by atoms with Crippen LogP contribution < -0.4 is 0 Å². The van der Waals surface area contributed by atoms with Crippen molar-refractivity contribution >= 4 is 48.8 Å². The molecule has 0 bridgehead atoms. The molecule has 4 rings (SSSR count). The van der Waals surface area contributed by atoms with Crippen molar-refractivity contribution in [2.45, 2.75) is 25.9 Å². The Morgan fingerprint density at radius 1 is 1.24 bits per heavy atom. The summed E-state index contributed by atoms with van der Waals surface area (Å²) in [5.74, 6) is -0.663. The molecular formula is C21H19ClFNO3S2. The van der Waals surface area contributed by atoms with Crippen LogP contribution in [-0.4, -0.2) is 36.8 Å². The Morgan fingerprint density at radius 2 is 1.97 bits per heavy atom. The summed E-state index contributed by atoms with van der Waals surface area (Å²) in [5, 5.41) is 1.20. The molecule has 2 heterocycles. The second kappa shape index (κ2) is 7.70. The fourth-order valence-electron chi connectivity index (χ4n) is 3.61. The Bertz CT molecular complexity index is 1190. The van der Waals surface area contributed by atoms with Crippen LogP contribution in [0.25, 0.3) is 10.1 Å². The summed E-state index contributed by atoms with van der Waals surface area (Å²) < 4.78 is 38.3. The van der Waals surface area contributed by atoms with Crippen molar-refractivity contribution in [2.24, 2.45) is 0 Å². The van der Waals surface area contributed by atoms with Crippen molar-refractivity contribution < 1.29 is 17.6 Å². The lowest BCUT2D eigenvalue weighted by Crippen LogP contribution is -2.40. The number of nitrogens with zero attached hydrogens (tertiary/aromatic N) is 1. The second-order valence-electron chi connectivity index (χ2n) is 7.36. The molecule has 0 aliphatic carbocycles. The van der Waals surface area contributed by atoms with Crippen LogP contribution in [0, 0.1) is 12.7 Å². The number of carbonyl (C=O) groups is 1. The van der Waals surface area contributed by atoms with Crippen LogP contribution in [0.1, 0.15) is 27.2 Å². The fraction of sp³-hybridized carbons (Fsp3) is 0.286. The first-order valence-electron chi connectivity index (χ1n) is 9.18. The van der Waals surface area contributed by atoms with E-state index in [4.69, 9.17) is 11.6 Å². The van der Waals surface area contributed by atoms with Crippen LogP contribution in [0.5, 0.6) is 0 Å². The number of aryl methyl sites for hydroxylation is 1. The third kappa shape index (κ3) is 4.17. The van der Waals surface area contributed by atoms with Gasteiger partial charge in [-0.15, -0.1) is 11.3 Å². The minimum absolute atomic E-state index is 0.0597. The Balaban J connectivity index is 1.73. The van der Waals surface area contributed by atoms with Crippen LogP contribution in [0.4, 0.5) is 4.39 Å². The maximum Gasteiger partial charge on any atom is 0.266 e. The third-order valence-electron chi connectivity index (χ3n) is 5.16. The highest BCUT2D eigenvalue weighted by molar-refractivity contribution is 7.91. The summed E-state index contributed by atoms with van der Waals surface area (Å²) in [7, 11) is -3.18. The number of rotatable bonds is 4. The third-order valence-corrected chi connectivity index (χ3v) is 8.55. The zero-order chi connectivity index (χ0) is 20.8. The predicted molar refractivity (Wildman–Crippen MR) is 115 cm³/mol. The number of hydrogen-bond donors (Lipinski definition) is 0. The zero-order valence-corrected chi connectivity index (χ0v) is 18.1. The van der Waals surface area contributed by atoms with Gasteiger partial charge in [-0.2, -0.15) is 0 Å². The monoisotopic (exact) mass is 451 g/mol. The van der Waals surface area contributed by atoms with Gasteiger partial charge in [0.2, 0.25) is 0 Å². The quantitative estimate of drug-likeness (QED) is 0.570. The van der Waals surface area contributed by atoms with Gasteiger partial charge in [0.1, 0.15) is 10.7 Å². The molecule has 3 aromatic rings. The van der Waals surface area contributed by atoms with Crippen LogP contribution >= 0.6 is 22.9 Å². The molecular weight excluding hydrogens is 433 g/mol. The number of benzene rings is 2. The average molecular weight is 452 g/mol. The highest BCUT2D eigenvalue weighted by atomic mass is 35.5. The topological polar surface area (TPSA) is 54.5 Å². The summed E-state index contributed by atoms with van der Waals surface area (Å²) in [6.07, 6.45) is 0.386. The number of amides is 1. The van der Waals surface area contributed by atoms with Gasteiger partial charge >= 0.3 is 0 Å². The van der Waals surface area contributed by atoms with E-state index in [1.807, 2.05) is 25.1 Å². The molecule has 0 saturated carbocycles. The molecule has 0 spiro atoms. The van der Waals surface area contributed by atoms with Crippen LogP contribution in [-0.2, 0) is 16.4 Å². The van der Waals surface area contributed by atoms with Gasteiger partial charge in [0.25, 0.3) is 5.91 Å². The van der Waals surface area contributed by atoms with Crippen LogP contribution in [0.15, 0.2) is 42.5 Å². The molecule has 1 aromatic heterocycles. The van der Waals surface area contributed by atoms with E-state index in [9.17, 15) is 17.6 Å². The van der Waals surface area contributed by atoms with Gasteiger partial charge in [-0.25, -0.2) is 12.8 Å². The summed E-state index contributed by atoms with van der Waals surface area (Å²) in [4.78, 5) is 15.4. The molecule has 0 unspecified atom stereocenters.